The third-order valence-corrected chi connectivity index (χ3v) is 5.62. The molecule has 6 nitrogen and oxygen atoms in total. The molecule has 2 aromatic carbocycles. The number of aryl methyl sites for hydroxylation is 1. The second kappa shape index (κ2) is 8.66. The number of nitrogens with zero attached hydrogens (tertiary/aromatic N) is 3. The molecular formula is C25H27N5O. The van der Waals surface area contributed by atoms with Crippen molar-refractivity contribution in [3.05, 3.63) is 66.0 Å². The maximum absolute atomic E-state index is 12.4. The summed E-state index contributed by atoms with van der Waals surface area (Å²) in [5.74, 6) is 5.98. The number of nitrogens with two attached hydrogens (primary N) is 1. The van der Waals surface area contributed by atoms with Gasteiger partial charge in [-0.15, -0.1) is 0 Å². The molecular weight excluding hydrogens is 386 g/mol. The predicted octanol–water partition coefficient (Wildman–Crippen LogP) is 3.70. The molecule has 0 fully saturated rings. The first-order chi connectivity index (χ1) is 15.0. The molecule has 3 N–H and O–H groups in total. The van der Waals surface area contributed by atoms with E-state index in [-0.39, 0.29) is 18.0 Å². The Morgan fingerprint density at radius 1 is 1.23 bits per heavy atom. The quantitative estimate of drug-likeness (QED) is 0.642. The van der Waals surface area contributed by atoms with E-state index in [4.69, 9.17) is 5.73 Å². The average Bonchev–Trinajstić information content (AvgIpc) is 3.19. The third kappa shape index (κ3) is 4.32. The highest BCUT2D eigenvalue weighted by molar-refractivity contribution is 5.94. The van der Waals surface area contributed by atoms with Gasteiger partial charge in [-0.3, -0.25) is 9.48 Å². The van der Waals surface area contributed by atoms with Crippen LogP contribution in [0, 0.1) is 11.8 Å². The summed E-state index contributed by atoms with van der Waals surface area (Å²) in [4.78, 5) is 14.3. The molecule has 1 aliphatic rings. The van der Waals surface area contributed by atoms with E-state index >= 15 is 0 Å². The standard InChI is InChI=1S/C25H27N5O/c1-17-13-24(28-22-9-6-19(7-10-22)5-4-12-26)23-14-20(21-15-27-29(3)16-21)8-11-25(23)30(17)18(2)31/h6-11,14-17,24,28H,12-13,26H2,1-3H3/t17-,24+/m0/s1. The first kappa shape index (κ1) is 20.7. The zero-order valence-corrected chi connectivity index (χ0v) is 18.1. The molecule has 4 rings (SSSR count). The van der Waals surface area contributed by atoms with Gasteiger partial charge < -0.3 is 16.0 Å². The molecule has 3 aromatic rings. The largest absolute Gasteiger partial charge is 0.378 e. The van der Waals surface area contributed by atoms with Crippen molar-refractivity contribution >= 4 is 17.3 Å². The van der Waals surface area contributed by atoms with Crippen LogP contribution in [0.1, 0.15) is 37.4 Å². The fourth-order valence-corrected chi connectivity index (χ4v) is 4.23. The molecule has 0 spiro atoms. The van der Waals surface area contributed by atoms with Crippen LogP contribution in [-0.4, -0.2) is 28.3 Å². The Hall–Kier alpha value is -3.56. The molecule has 0 bridgehead atoms. The first-order valence-corrected chi connectivity index (χ1v) is 10.4. The number of carbonyl (C=O) groups is 1. The zero-order valence-electron chi connectivity index (χ0n) is 18.1. The second-order valence-corrected chi connectivity index (χ2v) is 7.93. The Bertz CT molecular complexity index is 1150. The van der Waals surface area contributed by atoms with E-state index in [1.165, 1.54) is 0 Å². The van der Waals surface area contributed by atoms with Gasteiger partial charge in [0.15, 0.2) is 0 Å². The smallest absolute Gasteiger partial charge is 0.224 e. The minimum absolute atomic E-state index is 0.0594. The molecule has 6 heteroatoms. The normalized spacial score (nSPS) is 17.5. The van der Waals surface area contributed by atoms with Crippen molar-refractivity contribution in [2.75, 3.05) is 16.8 Å². The molecule has 0 aliphatic carbocycles. The number of anilines is 2. The number of benzene rings is 2. The maximum Gasteiger partial charge on any atom is 0.224 e. The van der Waals surface area contributed by atoms with Crippen LogP contribution in [-0.2, 0) is 11.8 Å². The molecule has 1 amide bonds. The summed E-state index contributed by atoms with van der Waals surface area (Å²) in [6.45, 7) is 4.08. The summed E-state index contributed by atoms with van der Waals surface area (Å²) in [5, 5.41) is 7.96. The van der Waals surface area contributed by atoms with E-state index in [1.54, 1.807) is 11.6 Å². The van der Waals surface area contributed by atoms with Gasteiger partial charge in [0.2, 0.25) is 5.91 Å². The van der Waals surface area contributed by atoms with Crippen LogP contribution in [0.15, 0.2) is 54.9 Å². The van der Waals surface area contributed by atoms with Crippen LogP contribution in [0.2, 0.25) is 0 Å². The summed E-state index contributed by atoms with van der Waals surface area (Å²) >= 11 is 0. The number of rotatable bonds is 3. The predicted molar refractivity (Wildman–Crippen MR) is 125 cm³/mol. The molecule has 1 aliphatic heterocycles. The molecule has 0 radical (unpaired) electrons. The summed E-state index contributed by atoms with van der Waals surface area (Å²) in [6.07, 6.45) is 4.68. The minimum atomic E-state index is 0.0594. The van der Waals surface area contributed by atoms with E-state index in [0.717, 1.165) is 40.0 Å². The number of amides is 1. The fourth-order valence-electron chi connectivity index (χ4n) is 4.23. The van der Waals surface area contributed by atoms with Crippen LogP contribution in [0.25, 0.3) is 11.1 Å². The summed E-state index contributed by atoms with van der Waals surface area (Å²) in [6, 6.07) is 14.5. The van der Waals surface area contributed by atoms with Gasteiger partial charge in [0.25, 0.3) is 0 Å². The Morgan fingerprint density at radius 3 is 2.65 bits per heavy atom. The molecule has 31 heavy (non-hydrogen) atoms. The lowest BCUT2D eigenvalue weighted by Gasteiger charge is -2.39. The van der Waals surface area contributed by atoms with Gasteiger partial charge in [-0.2, -0.15) is 5.10 Å². The van der Waals surface area contributed by atoms with Gasteiger partial charge in [-0.05, 0) is 60.9 Å². The van der Waals surface area contributed by atoms with Crippen molar-refractivity contribution in [2.45, 2.75) is 32.4 Å². The lowest BCUT2D eigenvalue weighted by molar-refractivity contribution is -0.117. The number of carbonyl (C=O) groups excluding carboxylic acids is 1. The summed E-state index contributed by atoms with van der Waals surface area (Å²) in [7, 11) is 1.91. The minimum Gasteiger partial charge on any atom is -0.378 e. The average molecular weight is 414 g/mol. The van der Waals surface area contributed by atoms with Gasteiger partial charge in [0.1, 0.15) is 0 Å². The zero-order chi connectivity index (χ0) is 22.0. The highest BCUT2D eigenvalue weighted by Gasteiger charge is 2.32. The Balaban J connectivity index is 1.70. The van der Waals surface area contributed by atoms with Crippen molar-refractivity contribution < 1.29 is 4.79 Å². The first-order valence-electron chi connectivity index (χ1n) is 10.4. The number of fused-ring (bicyclic) bond motifs is 1. The Labute approximate surface area is 183 Å². The lowest BCUT2D eigenvalue weighted by atomic mass is 9.89. The highest BCUT2D eigenvalue weighted by atomic mass is 16.2. The molecule has 0 saturated heterocycles. The maximum atomic E-state index is 12.4. The van der Waals surface area contributed by atoms with E-state index in [0.29, 0.717) is 6.54 Å². The third-order valence-electron chi connectivity index (χ3n) is 5.62. The summed E-state index contributed by atoms with van der Waals surface area (Å²) in [5.41, 5.74) is 11.6. The number of nitrogens with one attached hydrogen (secondary N) is 1. The van der Waals surface area contributed by atoms with E-state index in [9.17, 15) is 4.79 Å². The number of hydrogen-bond donors (Lipinski definition) is 2. The molecule has 158 valence electrons. The molecule has 2 heterocycles. The van der Waals surface area contributed by atoms with Crippen LogP contribution >= 0.6 is 0 Å². The van der Waals surface area contributed by atoms with Crippen LogP contribution < -0.4 is 16.0 Å². The van der Waals surface area contributed by atoms with Gasteiger partial charge >= 0.3 is 0 Å². The Morgan fingerprint density at radius 2 is 2.00 bits per heavy atom. The van der Waals surface area contributed by atoms with Crippen molar-refractivity contribution in [3.63, 3.8) is 0 Å². The van der Waals surface area contributed by atoms with Crippen molar-refractivity contribution in [3.8, 4) is 23.0 Å². The van der Waals surface area contributed by atoms with Crippen LogP contribution in [0.3, 0.4) is 0 Å². The molecule has 2 atom stereocenters. The fraction of sp³-hybridized carbons (Fsp3) is 0.280. The number of hydrogen-bond acceptors (Lipinski definition) is 4. The Kier molecular flexibility index (Phi) is 5.79. The van der Waals surface area contributed by atoms with E-state index < -0.39 is 0 Å². The van der Waals surface area contributed by atoms with E-state index in [1.807, 2.05) is 48.6 Å². The molecule has 0 unspecified atom stereocenters. The van der Waals surface area contributed by atoms with Crippen LogP contribution in [0.5, 0.6) is 0 Å². The van der Waals surface area contributed by atoms with Gasteiger partial charge in [-0.25, -0.2) is 0 Å². The lowest BCUT2D eigenvalue weighted by Crippen LogP contribution is -2.43. The number of aromatic nitrogens is 2. The van der Waals surface area contributed by atoms with Crippen LogP contribution in [0.4, 0.5) is 11.4 Å². The van der Waals surface area contributed by atoms with Gasteiger partial charge in [0.05, 0.1) is 18.8 Å². The highest BCUT2D eigenvalue weighted by Crippen LogP contribution is 2.41. The van der Waals surface area contributed by atoms with E-state index in [2.05, 4.69) is 47.4 Å². The van der Waals surface area contributed by atoms with Gasteiger partial charge in [-0.1, -0.05) is 17.9 Å². The topological polar surface area (TPSA) is 76.2 Å². The molecule has 0 saturated carbocycles. The van der Waals surface area contributed by atoms with Crippen molar-refractivity contribution in [1.29, 1.82) is 0 Å². The van der Waals surface area contributed by atoms with Crippen molar-refractivity contribution in [1.82, 2.24) is 9.78 Å². The monoisotopic (exact) mass is 413 g/mol. The summed E-state index contributed by atoms with van der Waals surface area (Å²) < 4.78 is 1.80. The molecule has 1 aromatic heterocycles. The van der Waals surface area contributed by atoms with Gasteiger partial charge in [0, 0.05) is 48.7 Å². The van der Waals surface area contributed by atoms with Crippen molar-refractivity contribution in [2.24, 2.45) is 12.8 Å². The SMILES string of the molecule is CC(=O)N1c2ccc(-c3cnn(C)c3)cc2[C@H](Nc2ccc(C#CCN)cc2)C[C@@H]1C. The second-order valence-electron chi connectivity index (χ2n) is 7.93.